The smallest absolute Gasteiger partial charge is 0.139 e. The molecule has 0 aliphatic heterocycles. The number of pyridine rings is 1. The third-order valence-corrected chi connectivity index (χ3v) is 2.04. The summed E-state index contributed by atoms with van der Waals surface area (Å²) in [5, 5.41) is 0. The summed E-state index contributed by atoms with van der Waals surface area (Å²) < 4.78 is 5.02. The SMILES string of the molecule is COC(C)CC(=O)Cc1cccnc1. The lowest BCUT2D eigenvalue weighted by Gasteiger charge is -2.07. The third kappa shape index (κ3) is 3.66. The van der Waals surface area contributed by atoms with Crippen LogP contribution in [-0.2, 0) is 16.0 Å². The molecule has 0 saturated heterocycles. The minimum atomic E-state index is -0.000767. The van der Waals surface area contributed by atoms with E-state index in [1.54, 1.807) is 19.5 Å². The Balaban J connectivity index is 2.42. The van der Waals surface area contributed by atoms with Crippen molar-refractivity contribution in [2.75, 3.05) is 7.11 Å². The summed E-state index contributed by atoms with van der Waals surface area (Å²) in [5.74, 6) is 0.187. The molecule has 0 radical (unpaired) electrons. The average Bonchev–Trinajstić information content (AvgIpc) is 2.19. The molecule has 0 aliphatic carbocycles. The standard InChI is InChI=1S/C11H15NO2/c1-9(14-2)6-11(13)7-10-4-3-5-12-8-10/h3-5,8-9H,6-7H2,1-2H3. The van der Waals surface area contributed by atoms with Crippen LogP contribution in [0.25, 0.3) is 0 Å². The highest BCUT2D eigenvalue weighted by Crippen LogP contribution is 2.03. The van der Waals surface area contributed by atoms with Crippen molar-refractivity contribution in [2.45, 2.75) is 25.9 Å². The molecule has 14 heavy (non-hydrogen) atoms. The van der Waals surface area contributed by atoms with E-state index in [-0.39, 0.29) is 11.9 Å². The Kier molecular flexibility index (Phi) is 4.26. The minimum absolute atomic E-state index is 0.000767. The highest BCUT2D eigenvalue weighted by molar-refractivity contribution is 5.81. The van der Waals surface area contributed by atoms with Gasteiger partial charge in [-0.2, -0.15) is 0 Å². The lowest BCUT2D eigenvalue weighted by Crippen LogP contribution is -2.13. The number of ketones is 1. The molecule has 1 heterocycles. The summed E-state index contributed by atoms with van der Waals surface area (Å²) in [4.78, 5) is 15.4. The molecule has 0 bridgehead atoms. The zero-order valence-electron chi connectivity index (χ0n) is 8.56. The van der Waals surface area contributed by atoms with Crippen molar-refractivity contribution in [3.8, 4) is 0 Å². The molecule has 1 rings (SSSR count). The Morgan fingerprint density at radius 1 is 1.64 bits per heavy atom. The maximum atomic E-state index is 11.5. The maximum absolute atomic E-state index is 11.5. The van der Waals surface area contributed by atoms with Crippen LogP contribution in [0.4, 0.5) is 0 Å². The van der Waals surface area contributed by atoms with Crippen LogP contribution in [0.1, 0.15) is 18.9 Å². The lowest BCUT2D eigenvalue weighted by atomic mass is 10.1. The molecule has 0 saturated carbocycles. The fourth-order valence-electron chi connectivity index (χ4n) is 1.21. The van der Waals surface area contributed by atoms with Crippen molar-refractivity contribution in [2.24, 2.45) is 0 Å². The van der Waals surface area contributed by atoms with E-state index in [1.165, 1.54) is 0 Å². The van der Waals surface area contributed by atoms with Gasteiger partial charge >= 0.3 is 0 Å². The molecule has 1 unspecified atom stereocenters. The van der Waals surface area contributed by atoms with E-state index >= 15 is 0 Å². The van der Waals surface area contributed by atoms with E-state index in [2.05, 4.69) is 4.98 Å². The first kappa shape index (κ1) is 10.9. The van der Waals surface area contributed by atoms with Crippen LogP contribution < -0.4 is 0 Å². The van der Waals surface area contributed by atoms with Crippen molar-refractivity contribution in [1.82, 2.24) is 4.98 Å². The number of hydrogen-bond donors (Lipinski definition) is 0. The number of carbonyl (C=O) groups excluding carboxylic acids is 1. The van der Waals surface area contributed by atoms with Gasteiger partial charge in [0.2, 0.25) is 0 Å². The van der Waals surface area contributed by atoms with Gasteiger partial charge in [0.15, 0.2) is 0 Å². The monoisotopic (exact) mass is 193 g/mol. The van der Waals surface area contributed by atoms with Gasteiger partial charge in [-0.15, -0.1) is 0 Å². The van der Waals surface area contributed by atoms with Gasteiger partial charge in [0.1, 0.15) is 5.78 Å². The fourth-order valence-corrected chi connectivity index (χ4v) is 1.21. The number of aromatic nitrogens is 1. The van der Waals surface area contributed by atoms with E-state index in [4.69, 9.17) is 4.74 Å². The molecule has 1 atom stereocenters. The minimum Gasteiger partial charge on any atom is -0.381 e. The second-order valence-corrected chi connectivity index (χ2v) is 3.33. The maximum Gasteiger partial charge on any atom is 0.139 e. The molecule has 1 aromatic heterocycles. The second kappa shape index (κ2) is 5.50. The van der Waals surface area contributed by atoms with E-state index in [0.717, 1.165) is 5.56 Å². The van der Waals surface area contributed by atoms with Crippen LogP contribution in [0.5, 0.6) is 0 Å². The number of Topliss-reactive ketones (excluding diaryl/α,β-unsaturated/α-hetero) is 1. The van der Waals surface area contributed by atoms with E-state index < -0.39 is 0 Å². The highest BCUT2D eigenvalue weighted by Gasteiger charge is 2.08. The Morgan fingerprint density at radius 2 is 2.43 bits per heavy atom. The highest BCUT2D eigenvalue weighted by atomic mass is 16.5. The molecule has 0 N–H and O–H groups in total. The van der Waals surface area contributed by atoms with Crippen LogP contribution in [0.2, 0.25) is 0 Å². The van der Waals surface area contributed by atoms with Gasteiger partial charge in [-0.05, 0) is 18.6 Å². The summed E-state index contributed by atoms with van der Waals surface area (Å²) in [6.07, 6.45) is 4.33. The Morgan fingerprint density at radius 3 is 3.00 bits per heavy atom. The van der Waals surface area contributed by atoms with E-state index in [1.807, 2.05) is 19.1 Å². The predicted molar refractivity (Wildman–Crippen MR) is 54.0 cm³/mol. The summed E-state index contributed by atoms with van der Waals surface area (Å²) in [5.41, 5.74) is 0.959. The van der Waals surface area contributed by atoms with Gasteiger partial charge in [0.05, 0.1) is 6.10 Å². The predicted octanol–water partition coefficient (Wildman–Crippen LogP) is 1.62. The molecule has 1 aromatic rings. The van der Waals surface area contributed by atoms with Gasteiger partial charge < -0.3 is 4.74 Å². The van der Waals surface area contributed by atoms with Gasteiger partial charge in [-0.1, -0.05) is 6.07 Å². The van der Waals surface area contributed by atoms with Crippen molar-refractivity contribution in [3.05, 3.63) is 30.1 Å². The van der Waals surface area contributed by atoms with E-state index in [0.29, 0.717) is 12.8 Å². The molecule has 0 aliphatic rings. The van der Waals surface area contributed by atoms with Crippen LogP contribution in [-0.4, -0.2) is 24.0 Å². The van der Waals surface area contributed by atoms with Gasteiger partial charge in [-0.25, -0.2) is 0 Å². The number of ether oxygens (including phenoxy) is 1. The molecule has 3 nitrogen and oxygen atoms in total. The first-order chi connectivity index (χ1) is 6.72. The number of nitrogens with zero attached hydrogens (tertiary/aromatic N) is 1. The van der Waals surface area contributed by atoms with Crippen LogP contribution >= 0.6 is 0 Å². The molecule has 0 amide bonds. The van der Waals surface area contributed by atoms with Crippen LogP contribution in [0.3, 0.4) is 0 Å². The van der Waals surface area contributed by atoms with Gasteiger partial charge in [0, 0.05) is 32.3 Å². The van der Waals surface area contributed by atoms with Gasteiger partial charge in [-0.3, -0.25) is 9.78 Å². The second-order valence-electron chi connectivity index (χ2n) is 3.33. The van der Waals surface area contributed by atoms with Crippen molar-refractivity contribution in [3.63, 3.8) is 0 Å². The number of carbonyl (C=O) groups is 1. The first-order valence-electron chi connectivity index (χ1n) is 4.65. The zero-order chi connectivity index (χ0) is 10.4. The quantitative estimate of drug-likeness (QED) is 0.713. The molecule has 0 spiro atoms. The molecular formula is C11H15NO2. The molecule has 0 aromatic carbocycles. The number of methoxy groups -OCH3 is 1. The van der Waals surface area contributed by atoms with Crippen molar-refractivity contribution >= 4 is 5.78 Å². The van der Waals surface area contributed by atoms with E-state index in [9.17, 15) is 4.79 Å². The Labute approximate surface area is 84.1 Å². The summed E-state index contributed by atoms with van der Waals surface area (Å²) in [6.45, 7) is 1.89. The normalized spacial score (nSPS) is 12.4. The van der Waals surface area contributed by atoms with Crippen molar-refractivity contribution < 1.29 is 9.53 Å². The number of hydrogen-bond acceptors (Lipinski definition) is 3. The van der Waals surface area contributed by atoms with Crippen LogP contribution in [0, 0.1) is 0 Å². The lowest BCUT2D eigenvalue weighted by molar-refractivity contribution is -0.120. The van der Waals surface area contributed by atoms with Crippen molar-refractivity contribution in [1.29, 1.82) is 0 Å². The molecule has 3 heteroatoms. The number of rotatable bonds is 5. The first-order valence-corrected chi connectivity index (χ1v) is 4.65. The summed E-state index contributed by atoms with van der Waals surface area (Å²) in [7, 11) is 1.61. The third-order valence-electron chi connectivity index (χ3n) is 2.04. The average molecular weight is 193 g/mol. The Hall–Kier alpha value is -1.22. The summed E-state index contributed by atoms with van der Waals surface area (Å²) >= 11 is 0. The van der Waals surface area contributed by atoms with Gasteiger partial charge in [0.25, 0.3) is 0 Å². The summed E-state index contributed by atoms with van der Waals surface area (Å²) in [6, 6.07) is 3.74. The largest absolute Gasteiger partial charge is 0.381 e. The molecular weight excluding hydrogens is 178 g/mol. The Bertz CT molecular complexity index is 285. The fraction of sp³-hybridized carbons (Fsp3) is 0.455. The molecule has 0 fully saturated rings. The van der Waals surface area contributed by atoms with Crippen LogP contribution in [0.15, 0.2) is 24.5 Å². The topological polar surface area (TPSA) is 39.2 Å². The zero-order valence-corrected chi connectivity index (χ0v) is 8.56. The molecule has 76 valence electrons.